The second kappa shape index (κ2) is 6.02. The van der Waals surface area contributed by atoms with Crippen LogP contribution >= 0.6 is 15.9 Å². The molecule has 0 radical (unpaired) electrons. The number of carbonyl (C=O) groups is 1. The fourth-order valence-corrected chi connectivity index (χ4v) is 3.07. The smallest absolute Gasteiger partial charge is 0.307 e. The van der Waals surface area contributed by atoms with Crippen LogP contribution in [0.25, 0.3) is 0 Å². The molecule has 1 aromatic carbocycles. The van der Waals surface area contributed by atoms with Crippen LogP contribution in [0.4, 0.5) is 0 Å². The summed E-state index contributed by atoms with van der Waals surface area (Å²) in [6.45, 7) is 4.77. The average molecular weight is 350 g/mol. The summed E-state index contributed by atoms with van der Waals surface area (Å²) >= 11 is 3.30. The Balaban J connectivity index is 2.98. The lowest BCUT2D eigenvalue weighted by Gasteiger charge is -2.18. The molecule has 0 aliphatic carbocycles. The van der Waals surface area contributed by atoms with Crippen molar-refractivity contribution < 1.29 is 18.3 Å². The van der Waals surface area contributed by atoms with E-state index >= 15 is 0 Å². The first-order chi connectivity index (χ1) is 8.65. The van der Waals surface area contributed by atoms with Gasteiger partial charge in [0.25, 0.3) is 0 Å². The van der Waals surface area contributed by atoms with Crippen LogP contribution in [-0.4, -0.2) is 25.5 Å². The second-order valence-corrected chi connectivity index (χ2v) is 7.02. The molecule has 0 heterocycles. The lowest BCUT2D eigenvalue weighted by molar-refractivity contribution is -0.141. The number of hydrogen-bond acceptors (Lipinski definition) is 3. The van der Waals surface area contributed by atoms with Crippen LogP contribution in [0.2, 0.25) is 0 Å². The van der Waals surface area contributed by atoms with E-state index in [2.05, 4.69) is 20.7 Å². The first-order valence-electron chi connectivity index (χ1n) is 5.66. The SMILES string of the molecule is Cc1cc(S(=O)(=O)NC(C)C(C)C(=O)O)ccc1Br. The Morgan fingerprint density at radius 2 is 1.95 bits per heavy atom. The molecule has 7 heteroatoms. The Hall–Kier alpha value is -0.920. The normalized spacial score (nSPS) is 14.9. The fraction of sp³-hybridized carbons (Fsp3) is 0.417. The van der Waals surface area contributed by atoms with Crippen molar-refractivity contribution in [2.75, 3.05) is 0 Å². The van der Waals surface area contributed by atoms with E-state index in [-0.39, 0.29) is 4.90 Å². The molecule has 1 aromatic rings. The molecule has 0 aromatic heterocycles. The number of carboxylic acid groups (broad SMARTS) is 1. The van der Waals surface area contributed by atoms with Gasteiger partial charge in [-0.15, -0.1) is 0 Å². The van der Waals surface area contributed by atoms with Gasteiger partial charge in [-0.25, -0.2) is 13.1 Å². The highest BCUT2D eigenvalue weighted by atomic mass is 79.9. The molecule has 0 bridgehead atoms. The van der Waals surface area contributed by atoms with Gasteiger partial charge in [0.2, 0.25) is 10.0 Å². The van der Waals surface area contributed by atoms with Gasteiger partial charge in [-0.3, -0.25) is 4.79 Å². The average Bonchev–Trinajstić information content (AvgIpc) is 2.30. The van der Waals surface area contributed by atoms with E-state index in [0.717, 1.165) is 10.0 Å². The largest absolute Gasteiger partial charge is 0.481 e. The van der Waals surface area contributed by atoms with Gasteiger partial charge in [-0.05, 0) is 37.6 Å². The Morgan fingerprint density at radius 1 is 1.37 bits per heavy atom. The van der Waals surface area contributed by atoms with E-state index in [1.165, 1.54) is 26.0 Å². The molecule has 2 unspecified atom stereocenters. The molecule has 106 valence electrons. The molecule has 0 aliphatic heterocycles. The predicted octanol–water partition coefficient (Wildman–Crippen LogP) is 2.15. The second-order valence-electron chi connectivity index (χ2n) is 4.45. The molecule has 0 saturated heterocycles. The fourth-order valence-electron chi connectivity index (χ4n) is 1.41. The summed E-state index contributed by atoms with van der Waals surface area (Å²) in [4.78, 5) is 10.9. The number of rotatable bonds is 5. The number of aliphatic carboxylic acids is 1. The van der Waals surface area contributed by atoms with Crippen LogP contribution < -0.4 is 4.72 Å². The van der Waals surface area contributed by atoms with Crippen molar-refractivity contribution >= 4 is 31.9 Å². The van der Waals surface area contributed by atoms with E-state index < -0.39 is 28.0 Å². The third kappa shape index (κ3) is 4.02. The van der Waals surface area contributed by atoms with E-state index in [9.17, 15) is 13.2 Å². The standard InChI is InChI=1S/C12H16BrNO4S/c1-7-6-10(4-5-11(7)13)19(17,18)14-9(3)8(2)12(15)16/h4-6,8-9,14H,1-3H3,(H,15,16). The molecule has 19 heavy (non-hydrogen) atoms. The van der Waals surface area contributed by atoms with Crippen LogP contribution in [0.5, 0.6) is 0 Å². The first kappa shape index (κ1) is 16.1. The number of sulfonamides is 1. The van der Waals surface area contributed by atoms with Gasteiger partial charge in [0, 0.05) is 10.5 Å². The topological polar surface area (TPSA) is 83.5 Å². The van der Waals surface area contributed by atoms with Crippen LogP contribution in [-0.2, 0) is 14.8 Å². The third-order valence-corrected chi connectivity index (χ3v) is 5.37. The molecular formula is C12H16BrNO4S. The molecule has 0 fully saturated rings. The molecule has 0 aliphatic rings. The van der Waals surface area contributed by atoms with Crippen molar-refractivity contribution in [3.8, 4) is 0 Å². The van der Waals surface area contributed by atoms with Crippen LogP contribution in [0, 0.1) is 12.8 Å². The lowest BCUT2D eigenvalue weighted by atomic mass is 10.1. The Bertz CT molecular complexity index is 585. The predicted molar refractivity (Wildman–Crippen MR) is 75.5 cm³/mol. The zero-order chi connectivity index (χ0) is 14.8. The third-order valence-electron chi connectivity index (χ3n) is 2.92. The van der Waals surface area contributed by atoms with Gasteiger partial charge in [0.05, 0.1) is 10.8 Å². The molecule has 1 rings (SSSR count). The highest BCUT2D eigenvalue weighted by Gasteiger charge is 2.25. The number of halogens is 1. The summed E-state index contributed by atoms with van der Waals surface area (Å²) in [5.41, 5.74) is 0.793. The molecule has 0 saturated carbocycles. The quantitative estimate of drug-likeness (QED) is 0.852. The maximum atomic E-state index is 12.1. The van der Waals surface area contributed by atoms with Gasteiger partial charge in [-0.2, -0.15) is 0 Å². The Kier molecular flexibility index (Phi) is 5.11. The molecule has 2 N–H and O–H groups in total. The maximum Gasteiger partial charge on any atom is 0.307 e. The van der Waals surface area contributed by atoms with Crippen molar-refractivity contribution in [1.29, 1.82) is 0 Å². The van der Waals surface area contributed by atoms with E-state index in [4.69, 9.17) is 5.11 Å². The summed E-state index contributed by atoms with van der Waals surface area (Å²) in [6, 6.07) is 3.96. The Labute approximate surface area is 121 Å². The summed E-state index contributed by atoms with van der Waals surface area (Å²) in [6.07, 6.45) is 0. The number of benzene rings is 1. The number of aryl methyl sites for hydroxylation is 1. The lowest BCUT2D eigenvalue weighted by Crippen LogP contribution is -2.39. The minimum atomic E-state index is -3.71. The Morgan fingerprint density at radius 3 is 2.42 bits per heavy atom. The summed E-state index contributed by atoms with van der Waals surface area (Å²) in [5, 5.41) is 8.86. The van der Waals surface area contributed by atoms with Gasteiger partial charge >= 0.3 is 5.97 Å². The minimum Gasteiger partial charge on any atom is -0.481 e. The molecular weight excluding hydrogens is 334 g/mol. The molecule has 5 nitrogen and oxygen atoms in total. The van der Waals surface area contributed by atoms with Gasteiger partial charge < -0.3 is 5.11 Å². The number of nitrogens with one attached hydrogen (secondary N) is 1. The van der Waals surface area contributed by atoms with Crippen molar-refractivity contribution in [3.63, 3.8) is 0 Å². The van der Waals surface area contributed by atoms with Gasteiger partial charge in [0.15, 0.2) is 0 Å². The van der Waals surface area contributed by atoms with Crippen LogP contribution in [0.1, 0.15) is 19.4 Å². The van der Waals surface area contributed by atoms with Gasteiger partial charge in [-0.1, -0.05) is 22.9 Å². The summed E-state index contributed by atoms with van der Waals surface area (Å²) < 4.78 is 27.4. The van der Waals surface area contributed by atoms with Crippen molar-refractivity contribution in [2.24, 2.45) is 5.92 Å². The molecule has 0 spiro atoms. The highest BCUT2D eigenvalue weighted by Crippen LogP contribution is 2.20. The zero-order valence-corrected chi connectivity index (χ0v) is 13.2. The summed E-state index contributed by atoms with van der Waals surface area (Å²) in [7, 11) is -3.71. The first-order valence-corrected chi connectivity index (χ1v) is 7.94. The number of carboxylic acids is 1. The highest BCUT2D eigenvalue weighted by molar-refractivity contribution is 9.10. The van der Waals surface area contributed by atoms with E-state index in [1.807, 2.05) is 0 Å². The van der Waals surface area contributed by atoms with E-state index in [0.29, 0.717) is 0 Å². The monoisotopic (exact) mass is 349 g/mol. The van der Waals surface area contributed by atoms with E-state index in [1.54, 1.807) is 13.0 Å². The van der Waals surface area contributed by atoms with Crippen LogP contribution in [0.15, 0.2) is 27.6 Å². The zero-order valence-electron chi connectivity index (χ0n) is 10.8. The van der Waals surface area contributed by atoms with Crippen molar-refractivity contribution in [1.82, 2.24) is 4.72 Å². The number of hydrogen-bond donors (Lipinski definition) is 2. The molecule has 0 amide bonds. The summed E-state index contributed by atoms with van der Waals surface area (Å²) in [5.74, 6) is -1.84. The molecule has 2 atom stereocenters. The van der Waals surface area contributed by atoms with Crippen LogP contribution in [0.3, 0.4) is 0 Å². The maximum absolute atomic E-state index is 12.1. The van der Waals surface area contributed by atoms with Crippen molar-refractivity contribution in [2.45, 2.75) is 31.7 Å². The van der Waals surface area contributed by atoms with Gasteiger partial charge in [0.1, 0.15) is 0 Å². The minimum absolute atomic E-state index is 0.123. The van der Waals surface area contributed by atoms with Crippen molar-refractivity contribution in [3.05, 3.63) is 28.2 Å².